The molecule has 0 aliphatic heterocycles. The van der Waals surface area contributed by atoms with Gasteiger partial charge in [0.2, 0.25) is 0 Å². The second kappa shape index (κ2) is 6.20. The van der Waals surface area contributed by atoms with E-state index in [0.717, 1.165) is 12.1 Å². The van der Waals surface area contributed by atoms with E-state index in [9.17, 15) is 0 Å². The largest absolute Gasteiger partial charge is 0.382 e. The first-order valence-electron chi connectivity index (χ1n) is 7.18. The lowest BCUT2D eigenvalue weighted by Gasteiger charge is -2.17. The predicted molar refractivity (Wildman–Crippen MR) is 79.6 cm³/mol. The Hall–Kier alpha value is -1.65. The average Bonchev–Trinajstić information content (AvgIpc) is 3.19. The van der Waals surface area contributed by atoms with Crippen molar-refractivity contribution in [3.05, 3.63) is 42.7 Å². The third-order valence-electron chi connectivity index (χ3n) is 3.66. The molecule has 4 heteroatoms. The van der Waals surface area contributed by atoms with Gasteiger partial charge < -0.3 is 10.1 Å². The number of rotatable bonds is 7. The summed E-state index contributed by atoms with van der Waals surface area (Å²) in [4.78, 5) is 0. The minimum absolute atomic E-state index is 0.248. The Bertz CT molecular complexity index is 534. The smallest absolute Gasteiger partial charge is 0.0876 e. The zero-order valence-electron chi connectivity index (χ0n) is 11.8. The predicted octanol–water partition coefficient (Wildman–Crippen LogP) is 2.49. The minimum Gasteiger partial charge on any atom is -0.382 e. The highest BCUT2D eigenvalue weighted by atomic mass is 16.5. The van der Waals surface area contributed by atoms with Crippen LogP contribution in [0.4, 0.5) is 0 Å². The Labute approximate surface area is 119 Å². The molecule has 1 N–H and O–H groups in total. The van der Waals surface area contributed by atoms with Crippen LogP contribution in [-0.2, 0) is 4.74 Å². The maximum absolute atomic E-state index is 5.33. The van der Waals surface area contributed by atoms with E-state index in [4.69, 9.17) is 4.74 Å². The van der Waals surface area contributed by atoms with Gasteiger partial charge >= 0.3 is 0 Å². The van der Waals surface area contributed by atoms with Gasteiger partial charge in [0.15, 0.2) is 0 Å². The van der Waals surface area contributed by atoms with Gasteiger partial charge in [-0.25, -0.2) is 0 Å². The molecule has 1 aliphatic carbocycles. The van der Waals surface area contributed by atoms with E-state index in [-0.39, 0.29) is 6.04 Å². The maximum Gasteiger partial charge on any atom is 0.0876 e. The summed E-state index contributed by atoms with van der Waals surface area (Å²) in [5.41, 5.74) is 2.35. The van der Waals surface area contributed by atoms with Crippen molar-refractivity contribution >= 4 is 0 Å². The van der Waals surface area contributed by atoms with Crippen LogP contribution in [0.25, 0.3) is 11.1 Å². The maximum atomic E-state index is 5.33. The Morgan fingerprint density at radius 1 is 1.30 bits per heavy atom. The van der Waals surface area contributed by atoms with E-state index < -0.39 is 0 Å². The van der Waals surface area contributed by atoms with Crippen molar-refractivity contribution in [2.75, 3.05) is 20.3 Å². The van der Waals surface area contributed by atoms with Gasteiger partial charge in [-0.15, -0.1) is 0 Å². The summed E-state index contributed by atoms with van der Waals surface area (Å²) in [6.45, 7) is 1.59. The Morgan fingerprint density at radius 2 is 2.10 bits per heavy atom. The van der Waals surface area contributed by atoms with Gasteiger partial charge in [0.1, 0.15) is 0 Å². The van der Waals surface area contributed by atoms with Crippen molar-refractivity contribution < 1.29 is 4.74 Å². The molecule has 1 aromatic heterocycles. The Kier molecular flexibility index (Phi) is 4.14. The van der Waals surface area contributed by atoms with Crippen molar-refractivity contribution in [3.8, 4) is 11.1 Å². The first kappa shape index (κ1) is 13.3. The van der Waals surface area contributed by atoms with Gasteiger partial charge in [-0.3, -0.25) is 4.68 Å². The number of ether oxygens (including phenoxy) is 1. The Balaban J connectivity index is 1.72. The molecule has 0 bridgehead atoms. The standard InChI is InChI=1S/C16H21N3O/c1-20-12-16(10-17-15-7-8-15)19-11-14(9-18-19)13-5-3-2-4-6-13/h2-6,9,11,15-17H,7-8,10,12H2,1H3. The molecule has 1 fully saturated rings. The van der Waals surface area contributed by atoms with Crippen molar-refractivity contribution in [3.63, 3.8) is 0 Å². The van der Waals surface area contributed by atoms with Crippen LogP contribution in [-0.4, -0.2) is 36.1 Å². The van der Waals surface area contributed by atoms with Crippen molar-refractivity contribution in [1.29, 1.82) is 0 Å². The van der Waals surface area contributed by atoms with Crippen LogP contribution >= 0.6 is 0 Å². The van der Waals surface area contributed by atoms with Crippen molar-refractivity contribution in [1.82, 2.24) is 15.1 Å². The third kappa shape index (κ3) is 3.26. The lowest BCUT2D eigenvalue weighted by atomic mass is 10.1. The van der Waals surface area contributed by atoms with E-state index >= 15 is 0 Å². The topological polar surface area (TPSA) is 39.1 Å². The number of nitrogens with zero attached hydrogens (tertiary/aromatic N) is 2. The zero-order valence-corrected chi connectivity index (χ0v) is 11.8. The second-order valence-corrected chi connectivity index (χ2v) is 5.37. The lowest BCUT2D eigenvalue weighted by molar-refractivity contribution is 0.148. The lowest BCUT2D eigenvalue weighted by Crippen LogP contribution is -2.30. The van der Waals surface area contributed by atoms with Crippen LogP contribution in [0.2, 0.25) is 0 Å². The van der Waals surface area contributed by atoms with Crippen LogP contribution < -0.4 is 5.32 Å². The summed E-state index contributed by atoms with van der Waals surface area (Å²) < 4.78 is 7.34. The number of hydrogen-bond donors (Lipinski definition) is 1. The molecule has 2 aromatic rings. The molecule has 0 radical (unpaired) electrons. The van der Waals surface area contributed by atoms with Gasteiger partial charge in [0, 0.05) is 31.5 Å². The summed E-state index contributed by atoms with van der Waals surface area (Å²) in [5.74, 6) is 0. The fourth-order valence-electron chi connectivity index (χ4n) is 2.33. The number of aromatic nitrogens is 2. The molecule has 20 heavy (non-hydrogen) atoms. The summed E-state index contributed by atoms with van der Waals surface area (Å²) in [7, 11) is 1.74. The van der Waals surface area contributed by atoms with E-state index in [2.05, 4.69) is 28.7 Å². The van der Waals surface area contributed by atoms with Gasteiger partial charge in [-0.2, -0.15) is 5.10 Å². The summed E-state index contributed by atoms with van der Waals surface area (Å²) in [6.07, 6.45) is 6.63. The summed E-state index contributed by atoms with van der Waals surface area (Å²) >= 11 is 0. The highest BCUT2D eigenvalue weighted by molar-refractivity contribution is 5.61. The first-order chi connectivity index (χ1) is 9.86. The van der Waals surface area contributed by atoms with Gasteiger partial charge in [0.05, 0.1) is 18.8 Å². The van der Waals surface area contributed by atoms with Gasteiger partial charge in [-0.1, -0.05) is 30.3 Å². The monoisotopic (exact) mass is 271 g/mol. The van der Waals surface area contributed by atoms with Crippen LogP contribution in [0.3, 0.4) is 0 Å². The molecule has 3 rings (SSSR count). The van der Waals surface area contributed by atoms with Crippen molar-refractivity contribution in [2.24, 2.45) is 0 Å². The molecule has 1 heterocycles. The number of methoxy groups -OCH3 is 1. The molecule has 0 spiro atoms. The number of hydrogen-bond acceptors (Lipinski definition) is 3. The molecule has 1 aromatic carbocycles. The van der Waals surface area contributed by atoms with Crippen molar-refractivity contribution in [2.45, 2.75) is 24.9 Å². The highest BCUT2D eigenvalue weighted by Crippen LogP contribution is 2.21. The quantitative estimate of drug-likeness (QED) is 0.841. The van der Waals surface area contributed by atoms with Gasteiger partial charge in [0.25, 0.3) is 0 Å². The average molecular weight is 271 g/mol. The molecular formula is C16H21N3O. The molecular weight excluding hydrogens is 250 g/mol. The Morgan fingerprint density at radius 3 is 2.80 bits per heavy atom. The molecule has 1 unspecified atom stereocenters. The molecule has 1 aliphatic rings. The van der Waals surface area contributed by atoms with E-state index in [1.807, 2.05) is 29.1 Å². The normalized spacial score (nSPS) is 16.2. The first-order valence-corrected chi connectivity index (χ1v) is 7.18. The van der Waals surface area contributed by atoms with Crippen LogP contribution in [0.1, 0.15) is 18.9 Å². The summed E-state index contributed by atoms with van der Waals surface area (Å²) in [6, 6.07) is 11.3. The fraction of sp³-hybridized carbons (Fsp3) is 0.438. The highest BCUT2D eigenvalue weighted by Gasteiger charge is 2.22. The SMILES string of the molecule is COCC(CNC1CC1)n1cc(-c2ccccc2)cn1. The van der Waals surface area contributed by atoms with Crippen LogP contribution in [0.15, 0.2) is 42.7 Å². The molecule has 0 saturated heterocycles. The van der Waals surface area contributed by atoms with E-state index in [1.165, 1.54) is 18.4 Å². The fourth-order valence-corrected chi connectivity index (χ4v) is 2.33. The second-order valence-electron chi connectivity index (χ2n) is 5.37. The molecule has 4 nitrogen and oxygen atoms in total. The molecule has 0 amide bonds. The van der Waals surface area contributed by atoms with E-state index in [1.54, 1.807) is 7.11 Å². The molecule has 106 valence electrons. The van der Waals surface area contributed by atoms with Crippen LogP contribution in [0.5, 0.6) is 0 Å². The number of benzene rings is 1. The van der Waals surface area contributed by atoms with Crippen LogP contribution in [0, 0.1) is 0 Å². The molecule has 1 atom stereocenters. The zero-order chi connectivity index (χ0) is 13.8. The van der Waals surface area contributed by atoms with Gasteiger partial charge in [-0.05, 0) is 18.4 Å². The van der Waals surface area contributed by atoms with E-state index in [0.29, 0.717) is 12.6 Å². The minimum atomic E-state index is 0.248. The summed E-state index contributed by atoms with van der Waals surface area (Å²) in [5, 5.41) is 8.05. The third-order valence-corrected chi connectivity index (χ3v) is 3.66. The number of nitrogens with one attached hydrogen (secondary N) is 1. The molecule has 1 saturated carbocycles.